The quantitative estimate of drug-likeness (QED) is 0.326. The molecule has 0 bridgehead atoms. The van der Waals surface area contributed by atoms with E-state index in [9.17, 15) is 0 Å². The molecule has 0 aliphatic heterocycles. The third kappa shape index (κ3) is 2.36. The molecule has 0 N–H and O–H groups in total. The summed E-state index contributed by atoms with van der Waals surface area (Å²) in [4.78, 5) is 0. The molecule has 22 valence electrons. The van der Waals surface area contributed by atoms with Crippen molar-refractivity contribution in [2.24, 2.45) is 0 Å². The Morgan fingerprint density at radius 1 is 1.75 bits per heavy atom. The number of hydrogen-bond donors (Lipinski definition) is 0. The summed E-state index contributed by atoms with van der Waals surface area (Å²) in [6, 6.07) is 0. The topological polar surface area (TPSA) is 0 Å². The molecule has 0 radical (unpaired) electrons. The molecule has 0 fully saturated rings. The van der Waals surface area contributed by atoms with Crippen LogP contribution < -0.4 is 0 Å². The molecule has 0 aliphatic carbocycles. The van der Waals surface area contributed by atoms with E-state index >= 15 is 0 Å². The van der Waals surface area contributed by atoms with Gasteiger partial charge in [-0.2, -0.15) is 0 Å². The Balaban J connectivity index is 2.83. The van der Waals surface area contributed by atoms with E-state index in [1.54, 1.807) is 0 Å². The molecule has 0 aliphatic rings. The molecule has 0 heterocycles. The molecule has 4 heavy (non-hydrogen) atoms. The van der Waals surface area contributed by atoms with E-state index < -0.39 is 0 Å². The predicted molar refractivity (Wildman–Crippen MR) is 23.4 cm³/mol. The van der Waals surface area contributed by atoms with Crippen LogP contribution in [0.15, 0.2) is 0 Å². The molecule has 0 unspecified atom stereocenters. The van der Waals surface area contributed by atoms with Crippen LogP contribution in [0.4, 0.5) is 0 Å². The number of rotatable bonds is 0. The first-order valence-corrected chi connectivity index (χ1v) is 4.10. The van der Waals surface area contributed by atoms with Crippen LogP contribution in [0.3, 0.4) is 0 Å². The average molecular weight is 161 g/mol. The van der Waals surface area contributed by atoms with Crippen molar-refractivity contribution in [1.82, 2.24) is 0 Å². The first kappa shape index (κ1) is 4.36. The SMILES string of the molecule is CC#[C][SnH3]. The molecule has 0 aromatic carbocycles. The van der Waals surface area contributed by atoms with Crippen molar-refractivity contribution in [2.45, 2.75) is 6.92 Å². The standard InChI is InChI=1S/C3H3.Sn.3H/c1-3-2;;;;/h1H3;;;;. The predicted octanol–water partition coefficient (Wildman–Crippen LogP) is -0.667. The molecule has 0 aromatic heterocycles. The molecule has 0 atom stereocenters. The molecule has 0 amide bonds. The molecule has 1 heteroatoms. The molecular weight excluding hydrogens is 155 g/mol. The summed E-state index contributed by atoms with van der Waals surface area (Å²) >= 11 is 0.624. The maximum atomic E-state index is 2.89. The normalized spacial score (nSPS) is 4.25. The average Bonchev–Trinajstić information content (AvgIpc) is 1.37. The fraction of sp³-hybridized carbons (Fsp3) is 0.333. The van der Waals surface area contributed by atoms with Gasteiger partial charge in [0.2, 0.25) is 0 Å². The second kappa shape index (κ2) is 3.36. The van der Waals surface area contributed by atoms with Gasteiger partial charge in [0, 0.05) is 0 Å². The van der Waals surface area contributed by atoms with Crippen LogP contribution in [0, 0.1) is 9.86 Å². The molecule has 0 nitrogen and oxygen atoms in total. The van der Waals surface area contributed by atoms with Gasteiger partial charge in [-0.1, -0.05) is 0 Å². The van der Waals surface area contributed by atoms with Crippen molar-refractivity contribution < 1.29 is 0 Å². The van der Waals surface area contributed by atoms with Gasteiger partial charge in [0.1, 0.15) is 0 Å². The summed E-state index contributed by atoms with van der Waals surface area (Å²) in [5, 5.41) is 0. The Morgan fingerprint density at radius 2 is 2.00 bits per heavy atom. The second-order valence-corrected chi connectivity index (χ2v) is 1.93. The van der Waals surface area contributed by atoms with Crippen molar-refractivity contribution in [1.29, 1.82) is 0 Å². The third-order valence-corrected chi connectivity index (χ3v) is 1.68. The number of hydrogen-bond acceptors (Lipinski definition) is 0. The van der Waals surface area contributed by atoms with Gasteiger partial charge >= 0.3 is 39.3 Å². The van der Waals surface area contributed by atoms with E-state index in [4.69, 9.17) is 0 Å². The summed E-state index contributed by atoms with van der Waals surface area (Å²) < 4.78 is 2.89. The first-order valence-electron chi connectivity index (χ1n) is 1.25. The molecule has 0 spiro atoms. The van der Waals surface area contributed by atoms with Crippen LogP contribution in [0.25, 0.3) is 0 Å². The van der Waals surface area contributed by atoms with Crippen molar-refractivity contribution in [3.8, 4) is 9.86 Å². The second-order valence-electron chi connectivity index (χ2n) is 0.500. The van der Waals surface area contributed by atoms with Crippen LogP contribution in [-0.4, -0.2) is 22.5 Å². The minimum absolute atomic E-state index is 0.624. The molecular formula is C3H6Sn. The van der Waals surface area contributed by atoms with Crippen LogP contribution in [0.5, 0.6) is 0 Å². The van der Waals surface area contributed by atoms with Crippen molar-refractivity contribution in [3.63, 3.8) is 0 Å². The summed E-state index contributed by atoms with van der Waals surface area (Å²) in [7, 11) is 0. The van der Waals surface area contributed by atoms with E-state index in [0.717, 1.165) is 0 Å². The Labute approximate surface area is 39.7 Å². The van der Waals surface area contributed by atoms with Crippen molar-refractivity contribution >= 4 is 22.5 Å². The Kier molecular flexibility index (Phi) is 3.66. The monoisotopic (exact) mass is 162 g/mol. The zero-order valence-corrected chi connectivity index (χ0v) is 8.71. The van der Waals surface area contributed by atoms with E-state index in [0.29, 0.717) is 22.5 Å². The van der Waals surface area contributed by atoms with Gasteiger partial charge in [-0.05, 0) is 0 Å². The van der Waals surface area contributed by atoms with E-state index in [2.05, 4.69) is 9.86 Å². The fourth-order valence-electron chi connectivity index (χ4n) is 0. The Hall–Kier alpha value is 0.359. The zero-order valence-electron chi connectivity index (χ0n) is 3.00. The van der Waals surface area contributed by atoms with Gasteiger partial charge in [-0.3, -0.25) is 0 Å². The van der Waals surface area contributed by atoms with Gasteiger partial charge in [-0.25, -0.2) is 0 Å². The Morgan fingerprint density at radius 3 is 2.00 bits per heavy atom. The summed E-state index contributed by atoms with van der Waals surface area (Å²) in [5.41, 5.74) is 0. The zero-order chi connectivity index (χ0) is 3.41. The van der Waals surface area contributed by atoms with Gasteiger partial charge in [-0.15, -0.1) is 0 Å². The van der Waals surface area contributed by atoms with Crippen LogP contribution >= 0.6 is 0 Å². The van der Waals surface area contributed by atoms with Crippen molar-refractivity contribution in [3.05, 3.63) is 0 Å². The molecule has 0 saturated carbocycles. The summed E-state index contributed by atoms with van der Waals surface area (Å²) in [6.07, 6.45) is 0. The van der Waals surface area contributed by atoms with Gasteiger partial charge in [0.05, 0.1) is 0 Å². The first-order chi connectivity index (χ1) is 1.91. The van der Waals surface area contributed by atoms with Gasteiger partial charge in [0.15, 0.2) is 0 Å². The molecule has 0 saturated heterocycles. The molecule has 0 rings (SSSR count). The maximum absolute atomic E-state index is 2.89. The fourth-order valence-corrected chi connectivity index (χ4v) is 0. The van der Waals surface area contributed by atoms with E-state index in [-0.39, 0.29) is 0 Å². The van der Waals surface area contributed by atoms with Crippen LogP contribution in [0.1, 0.15) is 6.92 Å². The van der Waals surface area contributed by atoms with Gasteiger partial charge < -0.3 is 0 Å². The van der Waals surface area contributed by atoms with Crippen LogP contribution in [0.2, 0.25) is 0 Å². The van der Waals surface area contributed by atoms with Crippen LogP contribution in [-0.2, 0) is 0 Å². The molecule has 0 aromatic rings. The Bertz CT molecular complexity index is 40.0. The summed E-state index contributed by atoms with van der Waals surface area (Å²) in [5.74, 6) is 2.77. The van der Waals surface area contributed by atoms with Gasteiger partial charge in [0.25, 0.3) is 0 Å². The summed E-state index contributed by atoms with van der Waals surface area (Å²) in [6.45, 7) is 1.87. The van der Waals surface area contributed by atoms with Crippen molar-refractivity contribution in [2.75, 3.05) is 0 Å². The van der Waals surface area contributed by atoms with E-state index in [1.807, 2.05) is 6.92 Å². The van der Waals surface area contributed by atoms with E-state index in [1.165, 1.54) is 0 Å². The minimum atomic E-state index is 0.624. The third-order valence-electron chi connectivity index (χ3n) is 0.250.